The van der Waals surface area contributed by atoms with E-state index < -0.39 is 0 Å². The van der Waals surface area contributed by atoms with E-state index in [1.807, 2.05) is 31.2 Å². The second-order valence-electron chi connectivity index (χ2n) is 11.1. The van der Waals surface area contributed by atoms with Gasteiger partial charge in [-0.3, -0.25) is 9.78 Å². The summed E-state index contributed by atoms with van der Waals surface area (Å²) in [6.07, 6.45) is 8.95. The van der Waals surface area contributed by atoms with Gasteiger partial charge in [-0.1, -0.05) is 31.2 Å². The van der Waals surface area contributed by atoms with Crippen LogP contribution in [0.4, 0.5) is 9.18 Å². The van der Waals surface area contributed by atoms with Gasteiger partial charge in [0.2, 0.25) is 0 Å². The molecule has 1 saturated heterocycles. The first-order chi connectivity index (χ1) is 17.8. The highest BCUT2D eigenvalue weighted by molar-refractivity contribution is 5.76. The Morgan fingerprint density at radius 2 is 2.08 bits per heavy atom. The standard InChI is InChI=1S/C30H35FN2O4/c1-4-36-29(35)33-23-11-13-26-24(27-18(2)37-28(34)25(27)16-30(26,3)15-23)12-10-22-9-8-20(17-32-22)19-6-5-7-21(31)14-19/h5-10,12,14,17-18,23-27H,4,11,13,15-16H2,1-3H3,(H,33,35)/b12-10+/t18-,23-,24+,25-,26+,27+,30+/m1/s1. The summed E-state index contributed by atoms with van der Waals surface area (Å²) in [6, 6.07) is 10.4. The Morgan fingerprint density at radius 1 is 1.24 bits per heavy atom. The molecule has 196 valence electrons. The van der Waals surface area contributed by atoms with Crippen LogP contribution in [0, 0.1) is 34.9 Å². The number of esters is 1. The molecule has 0 radical (unpaired) electrons. The van der Waals surface area contributed by atoms with Crippen LogP contribution in [-0.2, 0) is 14.3 Å². The summed E-state index contributed by atoms with van der Waals surface area (Å²) in [7, 11) is 0. The van der Waals surface area contributed by atoms with Crippen LogP contribution in [0.3, 0.4) is 0 Å². The van der Waals surface area contributed by atoms with Crippen LogP contribution in [0.5, 0.6) is 0 Å². The van der Waals surface area contributed by atoms with Crippen molar-refractivity contribution in [2.45, 2.75) is 58.6 Å². The summed E-state index contributed by atoms with van der Waals surface area (Å²) < 4.78 is 24.5. The minimum atomic E-state index is -0.374. The number of benzene rings is 1. The monoisotopic (exact) mass is 506 g/mol. The number of pyridine rings is 1. The molecule has 1 aromatic carbocycles. The number of nitrogens with zero attached hydrogens (tertiary/aromatic N) is 1. The number of rotatable bonds is 5. The molecule has 1 N–H and O–H groups in total. The summed E-state index contributed by atoms with van der Waals surface area (Å²) in [5, 5.41) is 3.02. The number of fused-ring (bicyclic) bond motifs is 2. The zero-order valence-electron chi connectivity index (χ0n) is 21.7. The second kappa shape index (κ2) is 10.3. The van der Waals surface area contributed by atoms with E-state index in [9.17, 15) is 14.0 Å². The number of amides is 1. The molecule has 7 atom stereocenters. The van der Waals surface area contributed by atoms with Gasteiger partial charge in [-0.2, -0.15) is 0 Å². The smallest absolute Gasteiger partial charge is 0.407 e. The first-order valence-corrected chi connectivity index (χ1v) is 13.3. The van der Waals surface area contributed by atoms with E-state index in [4.69, 9.17) is 9.47 Å². The fourth-order valence-electron chi connectivity index (χ4n) is 7.12. The van der Waals surface area contributed by atoms with Gasteiger partial charge in [0, 0.05) is 23.7 Å². The zero-order chi connectivity index (χ0) is 26.2. The molecule has 1 aromatic heterocycles. The Hall–Kier alpha value is -3.22. The lowest BCUT2D eigenvalue weighted by Crippen LogP contribution is -2.53. The van der Waals surface area contributed by atoms with Crippen LogP contribution in [0.1, 0.15) is 52.1 Å². The topological polar surface area (TPSA) is 77.5 Å². The molecule has 37 heavy (non-hydrogen) atoms. The third-order valence-electron chi connectivity index (χ3n) is 8.67. The number of hydrogen-bond donors (Lipinski definition) is 1. The van der Waals surface area contributed by atoms with Crippen LogP contribution in [-0.4, -0.2) is 35.8 Å². The van der Waals surface area contributed by atoms with Crippen LogP contribution in [0.25, 0.3) is 17.2 Å². The van der Waals surface area contributed by atoms with E-state index in [1.54, 1.807) is 19.2 Å². The van der Waals surface area contributed by atoms with Gasteiger partial charge >= 0.3 is 12.1 Å². The number of cyclic esters (lactones) is 1. The van der Waals surface area contributed by atoms with Crippen molar-refractivity contribution in [3.63, 3.8) is 0 Å². The summed E-state index contributed by atoms with van der Waals surface area (Å²) >= 11 is 0. The van der Waals surface area contributed by atoms with Crippen LogP contribution in [0.15, 0.2) is 48.7 Å². The molecule has 2 saturated carbocycles. The van der Waals surface area contributed by atoms with Crippen molar-refractivity contribution >= 4 is 18.1 Å². The van der Waals surface area contributed by atoms with Gasteiger partial charge in [-0.05, 0) is 86.6 Å². The van der Waals surface area contributed by atoms with E-state index in [2.05, 4.69) is 23.3 Å². The van der Waals surface area contributed by atoms with Gasteiger partial charge in [-0.15, -0.1) is 0 Å². The maximum Gasteiger partial charge on any atom is 0.407 e. The zero-order valence-corrected chi connectivity index (χ0v) is 21.7. The van der Waals surface area contributed by atoms with Crippen LogP contribution in [0.2, 0.25) is 0 Å². The molecule has 3 aliphatic rings. The third kappa shape index (κ3) is 5.13. The highest BCUT2D eigenvalue weighted by Crippen LogP contribution is 2.59. The number of hydrogen-bond acceptors (Lipinski definition) is 5. The number of carbonyl (C=O) groups is 2. The summed E-state index contributed by atoms with van der Waals surface area (Å²) in [5.74, 6) is 0.144. The van der Waals surface area contributed by atoms with E-state index in [0.29, 0.717) is 12.5 Å². The van der Waals surface area contributed by atoms with Gasteiger partial charge in [0.25, 0.3) is 0 Å². The van der Waals surface area contributed by atoms with Crippen molar-refractivity contribution in [1.29, 1.82) is 0 Å². The molecule has 2 aliphatic carbocycles. The molecule has 2 aromatic rings. The Balaban J connectivity index is 1.38. The predicted molar refractivity (Wildman–Crippen MR) is 139 cm³/mol. The fourth-order valence-corrected chi connectivity index (χ4v) is 7.12. The molecule has 1 amide bonds. The molecular formula is C30H35FN2O4. The third-order valence-corrected chi connectivity index (χ3v) is 8.67. The minimum Gasteiger partial charge on any atom is -0.462 e. The van der Waals surface area contributed by atoms with Gasteiger partial charge in [0.15, 0.2) is 0 Å². The van der Waals surface area contributed by atoms with Crippen molar-refractivity contribution in [1.82, 2.24) is 10.3 Å². The number of allylic oxidation sites excluding steroid dienone is 1. The maximum absolute atomic E-state index is 13.6. The van der Waals surface area contributed by atoms with Crippen molar-refractivity contribution in [3.05, 3.63) is 60.2 Å². The Morgan fingerprint density at radius 3 is 2.81 bits per heavy atom. The lowest BCUT2D eigenvalue weighted by Gasteiger charge is -2.54. The summed E-state index contributed by atoms with van der Waals surface area (Å²) in [4.78, 5) is 29.5. The normalized spacial score (nSPS) is 32.9. The maximum atomic E-state index is 13.6. The first-order valence-electron chi connectivity index (χ1n) is 13.3. The molecule has 0 spiro atoms. The number of aromatic nitrogens is 1. The summed E-state index contributed by atoms with van der Waals surface area (Å²) in [5.41, 5.74) is 2.37. The highest BCUT2D eigenvalue weighted by atomic mass is 19.1. The number of halogens is 1. The minimum absolute atomic E-state index is 0.0355. The van der Waals surface area contributed by atoms with Gasteiger partial charge in [0.1, 0.15) is 11.9 Å². The second-order valence-corrected chi connectivity index (χ2v) is 11.1. The van der Waals surface area contributed by atoms with Crippen LogP contribution < -0.4 is 5.32 Å². The van der Waals surface area contributed by atoms with E-state index in [-0.39, 0.29) is 53.2 Å². The average Bonchev–Trinajstić information content (AvgIpc) is 3.14. The predicted octanol–water partition coefficient (Wildman–Crippen LogP) is 6.02. The van der Waals surface area contributed by atoms with Crippen molar-refractivity contribution in [2.24, 2.45) is 29.1 Å². The SMILES string of the molecule is CCOC(=O)N[C@@H]1CC[C@H]2[C@H](/C=C/c3ccc(-c4cccc(F)c4)cn3)[C@@H]3[C@@H](C)OC(=O)[C@@H]3C[C@]2(C)C1. The number of alkyl carbamates (subject to hydrolysis) is 1. The Bertz CT molecular complexity index is 1180. The Labute approximate surface area is 217 Å². The van der Waals surface area contributed by atoms with Crippen molar-refractivity contribution in [2.75, 3.05) is 6.61 Å². The molecule has 0 unspecified atom stereocenters. The number of nitrogens with one attached hydrogen (secondary N) is 1. The molecular weight excluding hydrogens is 471 g/mol. The lowest BCUT2D eigenvalue weighted by atomic mass is 9.50. The summed E-state index contributed by atoms with van der Waals surface area (Å²) in [6.45, 7) is 6.41. The highest BCUT2D eigenvalue weighted by Gasteiger charge is 2.58. The van der Waals surface area contributed by atoms with Crippen LogP contribution >= 0.6 is 0 Å². The van der Waals surface area contributed by atoms with Gasteiger partial charge in [0.05, 0.1) is 18.2 Å². The molecule has 0 bridgehead atoms. The molecule has 7 heteroatoms. The molecule has 6 nitrogen and oxygen atoms in total. The van der Waals surface area contributed by atoms with E-state index >= 15 is 0 Å². The van der Waals surface area contributed by atoms with Crippen molar-refractivity contribution < 1.29 is 23.5 Å². The van der Waals surface area contributed by atoms with Gasteiger partial charge in [-0.25, -0.2) is 9.18 Å². The molecule has 2 heterocycles. The first kappa shape index (κ1) is 25.4. The average molecular weight is 507 g/mol. The fraction of sp³-hybridized carbons (Fsp3) is 0.500. The number of ether oxygens (including phenoxy) is 2. The number of carbonyl (C=O) groups excluding carboxylic acids is 2. The van der Waals surface area contributed by atoms with Crippen molar-refractivity contribution in [3.8, 4) is 11.1 Å². The van der Waals surface area contributed by atoms with Gasteiger partial charge < -0.3 is 14.8 Å². The van der Waals surface area contributed by atoms with E-state index in [1.165, 1.54) is 12.1 Å². The Kier molecular flexibility index (Phi) is 7.06. The molecule has 1 aliphatic heterocycles. The molecule has 3 fully saturated rings. The van der Waals surface area contributed by atoms with E-state index in [0.717, 1.165) is 42.5 Å². The largest absolute Gasteiger partial charge is 0.462 e. The lowest BCUT2D eigenvalue weighted by molar-refractivity contribution is -0.145. The molecule has 5 rings (SSSR count). The quantitative estimate of drug-likeness (QED) is 0.502.